The Balaban J connectivity index is 2.03. The van der Waals surface area contributed by atoms with E-state index in [-0.39, 0.29) is 0 Å². The van der Waals surface area contributed by atoms with Crippen molar-refractivity contribution in [2.24, 2.45) is 5.92 Å². The Hall–Kier alpha value is -0.160. The molecule has 0 aromatic carbocycles. The summed E-state index contributed by atoms with van der Waals surface area (Å²) in [6.07, 6.45) is 2.86. The van der Waals surface area contributed by atoms with Gasteiger partial charge in [0.1, 0.15) is 6.33 Å². The fourth-order valence-electron chi connectivity index (χ4n) is 1.50. The molecule has 1 saturated heterocycles. The molecule has 1 aromatic rings. The van der Waals surface area contributed by atoms with Crippen molar-refractivity contribution in [3.63, 3.8) is 0 Å². The van der Waals surface area contributed by atoms with Crippen LogP contribution in [0.5, 0.6) is 0 Å². The Morgan fingerprint density at radius 1 is 1.69 bits per heavy atom. The molecule has 3 nitrogen and oxygen atoms in total. The maximum Gasteiger partial charge on any atom is 0.204 e. The molecule has 1 aromatic heterocycles. The van der Waals surface area contributed by atoms with Crippen molar-refractivity contribution in [1.82, 2.24) is 9.36 Å². The average molecular weight is 262 g/mol. The molecule has 0 aliphatic carbocycles. The van der Waals surface area contributed by atoms with Crippen molar-refractivity contribution in [3.8, 4) is 0 Å². The summed E-state index contributed by atoms with van der Waals surface area (Å²) in [6.45, 7) is 4.45. The highest BCUT2D eigenvalue weighted by molar-refractivity contribution is 9.09. The van der Waals surface area contributed by atoms with E-state index in [2.05, 4.69) is 37.1 Å². The van der Waals surface area contributed by atoms with Crippen LogP contribution in [0.3, 0.4) is 0 Å². The van der Waals surface area contributed by atoms with Gasteiger partial charge in [0.2, 0.25) is 5.13 Å². The zero-order valence-corrected chi connectivity index (χ0v) is 9.88. The van der Waals surface area contributed by atoms with Crippen molar-refractivity contribution in [2.45, 2.75) is 18.2 Å². The van der Waals surface area contributed by atoms with Gasteiger partial charge in [-0.3, -0.25) is 0 Å². The van der Waals surface area contributed by atoms with E-state index in [0.29, 0.717) is 4.83 Å². The summed E-state index contributed by atoms with van der Waals surface area (Å²) in [6, 6.07) is 0. The van der Waals surface area contributed by atoms with Gasteiger partial charge in [0.05, 0.1) is 0 Å². The minimum absolute atomic E-state index is 0.588. The third-order valence-corrected chi connectivity index (χ3v) is 4.41. The van der Waals surface area contributed by atoms with Gasteiger partial charge >= 0.3 is 0 Å². The van der Waals surface area contributed by atoms with Crippen molar-refractivity contribution in [1.29, 1.82) is 0 Å². The highest BCUT2D eigenvalue weighted by atomic mass is 79.9. The summed E-state index contributed by atoms with van der Waals surface area (Å²) in [7, 11) is 0. The molecule has 2 rings (SSSR count). The number of alkyl halides is 1. The lowest BCUT2D eigenvalue weighted by molar-refractivity contribution is 0.456. The fraction of sp³-hybridized carbons (Fsp3) is 0.750. The predicted octanol–water partition coefficient (Wildman–Crippen LogP) is 2.15. The minimum atomic E-state index is 0.588. The third kappa shape index (κ3) is 2.02. The molecule has 1 fully saturated rings. The van der Waals surface area contributed by atoms with E-state index in [1.165, 1.54) is 18.0 Å². The van der Waals surface area contributed by atoms with E-state index >= 15 is 0 Å². The molecule has 13 heavy (non-hydrogen) atoms. The highest BCUT2D eigenvalue weighted by Gasteiger charge is 2.25. The van der Waals surface area contributed by atoms with Crippen LogP contribution in [0.4, 0.5) is 5.13 Å². The van der Waals surface area contributed by atoms with Crippen molar-refractivity contribution in [2.75, 3.05) is 18.0 Å². The molecule has 5 heteroatoms. The molecule has 0 saturated carbocycles. The number of nitrogens with zero attached hydrogens (tertiary/aromatic N) is 3. The summed E-state index contributed by atoms with van der Waals surface area (Å²) >= 11 is 5.17. The standard InChI is InChI=1S/C8H12BrN3S/c1-6-2-3-12(4-7(6)9)8-10-5-11-13-8/h5-7H,2-4H2,1H3. The lowest BCUT2D eigenvalue weighted by Crippen LogP contribution is -2.40. The summed E-state index contributed by atoms with van der Waals surface area (Å²) in [4.78, 5) is 7.10. The van der Waals surface area contributed by atoms with Crippen LogP contribution >= 0.6 is 27.5 Å². The van der Waals surface area contributed by atoms with Crippen LogP contribution in [0.25, 0.3) is 0 Å². The summed E-state index contributed by atoms with van der Waals surface area (Å²) < 4.78 is 4.02. The van der Waals surface area contributed by atoms with Gasteiger partial charge in [-0.1, -0.05) is 22.9 Å². The molecule has 0 radical (unpaired) electrons. The summed E-state index contributed by atoms with van der Waals surface area (Å²) in [5.74, 6) is 0.768. The lowest BCUT2D eigenvalue weighted by Gasteiger charge is -2.33. The van der Waals surface area contributed by atoms with Crippen molar-refractivity contribution < 1.29 is 0 Å². The Kier molecular flexibility index (Phi) is 2.83. The average Bonchev–Trinajstić information content (AvgIpc) is 2.62. The first-order valence-electron chi connectivity index (χ1n) is 4.43. The topological polar surface area (TPSA) is 29.0 Å². The second-order valence-corrected chi connectivity index (χ2v) is 5.39. The van der Waals surface area contributed by atoms with Gasteiger partial charge in [-0.05, 0) is 12.3 Å². The van der Waals surface area contributed by atoms with Crippen molar-refractivity contribution in [3.05, 3.63) is 6.33 Å². The smallest absolute Gasteiger partial charge is 0.204 e. The van der Waals surface area contributed by atoms with Crippen LogP contribution in [0.1, 0.15) is 13.3 Å². The van der Waals surface area contributed by atoms with Crippen LogP contribution < -0.4 is 4.90 Å². The number of aromatic nitrogens is 2. The molecule has 1 aliphatic heterocycles. The monoisotopic (exact) mass is 261 g/mol. The first kappa shape index (κ1) is 9.40. The Bertz CT molecular complexity index is 264. The SMILES string of the molecule is CC1CCN(c2ncns2)CC1Br. The Morgan fingerprint density at radius 3 is 3.15 bits per heavy atom. The second-order valence-electron chi connectivity index (χ2n) is 3.45. The van der Waals surface area contributed by atoms with Gasteiger partial charge in [0.15, 0.2) is 0 Å². The highest BCUT2D eigenvalue weighted by Crippen LogP contribution is 2.27. The van der Waals surface area contributed by atoms with E-state index in [1.807, 2.05) is 0 Å². The van der Waals surface area contributed by atoms with Gasteiger partial charge in [-0.15, -0.1) is 0 Å². The van der Waals surface area contributed by atoms with Crippen LogP contribution in [-0.4, -0.2) is 27.3 Å². The molecule has 0 amide bonds. The largest absolute Gasteiger partial charge is 0.346 e. The lowest BCUT2D eigenvalue weighted by atomic mass is 10.00. The number of halogens is 1. The number of piperidine rings is 1. The molecule has 1 aliphatic rings. The maximum atomic E-state index is 4.21. The molecule has 0 bridgehead atoms. The molecular weight excluding hydrogens is 250 g/mol. The second kappa shape index (κ2) is 3.92. The first-order chi connectivity index (χ1) is 6.27. The third-order valence-electron chi connectivity index (χ3n) is 2.49. The quantitative estimate of drug-likeness (QED) is 0.726. The van der Waals surface area contributed by atoms with Crippen LogP contribution in [0.15, 0.2) is 6.33 Å². The van der Waals surface area contributed by atoms with E-state index in [9.17, 15) is 0 Å². The summed E-state index contributed by atoms with van der Waals surface area (Å²) in [5.41, 5.74) is 0. The van der Waals surface area contributed by atoms with Gasteiger partial charge in [-0.25, -0.2) is 4.98 Å². The number of hydrogen-bond acceptors (Lipinski definition) is 4. The molecule has 0 N–H and O–H groups in total. The Morgan fingerprint density at radius 2 is 2.54 bits per heavy atom. The first-order valence-corrected chi connectivity index (χ1v) is 6.12. The molecule has 2 heterocycles. The maximum absolute atomic E-state index is 4.21. The number of rotatable bonds is 1. The van der Waals surface area contributed by atoms with E-state index in [1.54, 1.807) is 6.33 Å². The van der Waals surface area contributed by atoms with Gasteiger partial charge < -0.3 is 4.90 Å². The Labute approximate surface area is 90.5 Å². The summed E-state index contributed by atoms with van der Waals surface area (Å²) in [5, 5.41) is 1.05. The molecule has 2 atom stereocenters. The van der Waals surface area contributed by atoms with Crippen molar-refractivity contribution >= 4 is 32.6 Å². The van der Waals surface area contributed by atoms with Crippen LogP contribution in [0.2, 0.25) is 0 Å². The van der Waals surface area contributed by atoms with Gasteiger partial charge in [0, 0.05) is 29.4 Å². The van der Waals surface area contributed by atoms with Crippen LogP contribution in [-0.2, 0) is 0 Å². The normalized spacial score (nSPS) is 29.2. The van der Waals surface area contributed by atoms with Gasteiger partial charge in [0.25, 0.3) is 0 Å². The zero-order chi connectivity index (χ0) is 9.26. The number of hydrogen-bond donors (Lipinski definition) is 0. The predicted molar refractivity (Wildman–Crippen MR) is 58.6 cm³/mol. The molecule has 72 valence electrons. The fourth-order valence-corrected chi connectivity index (χ4v) is 2.68. The zero-order valence-electron chi connectivity index (χ0n) is 7.48. The molecular formula is C8H12BrN3S. The van der Waals surface area contributed by atoms with E-state index < -0.39 is 0 Å². The van der Waals surface area contributed by atoms with Crippen LogP contribution in [0, 0.1) is 5.92 Å². The molecule has 2 unspecified atom stereocenters. The van der Waals surface area contributed by atoms with E-state index in [0.717, 1.165) is 24.1 Å². The molecule has 0 spiro atoms. The number of anilines is 1. The van der Waals surface area contributed by atoms with E-state index in [4.69, 9.17) is 0 Å². The van der Waals surface area contributed by atoms with Gasteiger partial charge in [-0.2, -0.15) is 4.37 Å². The minimum Gasteiger partial charge on any atom is -0.346 e.